The van der Waals surface area contributed by atoms with Gasteiger partial charge in [0.15, 0.2) is 0 Å². The van der Waals surface area contributed by atoms with E-state index in [1.165, 1.54) is 0 Å². The summed E-state index contributed by atoms with van der Waals surface area (Å²) in [5, 5.41) is 0. The van der Waals surface area contributed by atoms with E-state index in [9.17, 15) is 4.79 Å². The number of carbonyl (C=O) groups excluding carboxylic acids is 1. The van der Waals surface area contributed by atoms with Gasteiger partial charge >= 0.3 is 5.97 Å². The number of nitrogens with zero attached hydrogens (tertiary/aromatic N) is 2. The van der Waals surface area contributed by atoms with Crippen molar-refractivity contribution in [2.24, 2.45) is 0 Å². The summed E-state index contributed by atoms with van der Waals surface area (Å²) in [6.07, 6.45) is 5.36. The summed E-state index contributed by atoms with van der Waals surface area (Å²) in [5.74, 6) is -0.157. The van der Waals surface area contributed by atoms with Crippen LogP contribution in [0.15, 0.2) is 42.5 Å². The summed E-state index contributed by atoms with van der Waals surface area (Å²) in [5.41, 5.74) is 1.02. The Hall–Kier alpha value is -1.69. The van der Waals surface area contributed by atoms with Gasteiger partial charge in [-0.15, -0.1) is 0 Å². The van der Waals surface area contributed by atoms with Gasteiger partial charge in [-0.1, -0.05) is 36.4 Å². The van der Waals surface area contributed by atoms with Crippen LogP contribution in [0.1, 0.15) is 31.9 Å². The maximum Gasteiger partial charge on any atom is 0.370 e. The lowest BCUT2D eigenvalue weighted by Crippen LogP contribution is -2.52. The van der Waals surface area contributed by atoms with Crippen LogP contribution in [0.2, 0.25) is 0 Å². The minimum absolute atomic E-state index is 0.157. The highest BCUT2D eigenvalue weighted by molar-refractivity contribution is 5.76. The van der Waals surface area contributed by atoms with E-state index in [1.54, 1.807) is 0 Å². The van der Waals surface area contributed by atoms with Crippen molar-refractivity contribution in [3.8, 4) is 0 Å². The number of ether oxygens (including phenoxy) is 2. The van der Waals surface area contributed by atoms with Gasteiger partial charge in [0.2, 0.25) is 6.04 Å². The summed E-state index contributed by atoms with van der Waals surface area (Å²) in [6, 6.07) is 9.71. The lowest BCUT2D eigenvalue weighted by molar-refractivity contribution is -0.926. The SMILES string of the molecule is CC[N+](C)(CC)CCOCCOC(=O)C(c1ccccc1)[N+]1(C)CC=CCC1. The lowest BCUT2D eigenvalue weighted by atomic mass is 10.0. The van der Waals surface area contributed by atoms with Crippen LogP contribution in [0.25, 0.3) is 0 Å². The second kappa shape index (κ2) is 10.7. The highest BCUT2D eigenvalue weighted by atomic mass is 16.6. The predicted octanol–water partition coefficient (Wildman–Crippen LogP) is 3.18. The van der Waals surface area contributed by atoms with E-state index < -0.39 is 0 Å². The molecule has 0 aromatic heterocycles. The van der Waals surface area contributed by atoms with Crippen LogP contribution in [-0.4, -0.2) is 81.6 Å². The Bertz CT molecular complexity index is 628. The molecule has 0 radical (unpaired) electrons. The van der Waals surface area contributed by atoms with Crippen LogP contribution >= 0.6 is 0 Å². The van der Waals surface area contributed by atoms with Crippen molar-refractivity contribution in [1.82, 2.24) is 0 Å². The molecule has 28 heavy (non-hydrogen) atoms. The molecule has 0 aliphatic carbocycles. The monoisotopic (exact) mass is 390 g/mol. The van der Waals surface area contributed by atoms with Crippen molar-refractivity contribution >= 4 is 5.97 Å². The molecule has 0 saturated heterocycles. The number of benzene rings is 1. The zero-order valence-corrected chi connectivity index (χ0v) is 18.1. The first-order valence-corrected chi connectivity index (χ1v) is 10.6. The molecular formula is C23H38N2O3+2. The molecule has 5 nitrogen and oxygen atoms in total. The molecule has 0 amide bonds. The fourth-order valence-electron chi connectivity index (χ4n) is 3.72. The third-order valence-corrected chi connectivity index (χ3v) is 6.23. The van der Waals surface area contributed by atoms with Crippen LogP contribution in [0.4, 0.5) is 0 Å². The molecular weight excluding hydrogens is 352 g/mol. The summed E-state index contributed by atoms with van der Waals surface area (Å²) < 4.78 is 13.0. The Morgan fingerprint density at radius 1 is 1.11 bits per heavy atom. The minimum Gasteiger partial charge on any atom is -0.459 e. The standard InChI is InChI=1S/C23H38N2O3/c1-5-24(3,6-2)17-18-27-19-20-28-23(26)22(21-13-9-7-10-14-21)25(4)15-11-8-12-16-25/h7-11,13-14,22H,5-6,12,15-20H2,1-4H3/q+2. The molecule has 0 bridgehead atoms. The zero-order valence-electron chi connectivity index (χ0n) is 18.1. The molecule has 0 saturated carbocycles. The van der Waals surface area contributed by atoms with Crippen LogP contribution < -0.4 is 0 Å². The van der Waals surface area contributed by atoms with Gasteiger partial charge in [0.1, 0.15) is 13.2 Å². The number of quaternary nitrogens is 2. The summed E-state index contributed by atoms with van der Waals surface area (Å²) >= 11 is 0. The highest BCUT2D eigenvalue weighted by Crippen LogP contribution is 2.30. The van der Waals surface area contributed by atoms with Crippen molar-refractivity contribution in [1.29, 1.82) is 0 Å². The molecule has 1 heterocycles. The van der Waals surface area contributed by atoms with Crippen molar-refractivity contribution in [2.45, 2.75) is 26.3 Å². The maximum absolute atomic E-state index is 13.0. The zero-order chi connectivity index (χ0) is 20.5. The third kappa shape index (κ3) is 6.16. The molecule has 156 valence electrons. The molecule has 1 aliphatic rings. The molecule has 2 unspecified atom stereocenters. The topological polar surface area (TPSA) is 35.5 Å². The molecule has 2 rings (SSSR count). The van der Waals surface area contributed by atoms with E-state index in [1.807, 2.05) is 30.3 Å². The Morgan fingerprint density at radius 3 is 2.43 bits per heavy atom. The van der Waals surface area contributed by atoms with Crippen LogP contribution in [-0.2, 0) is 14.3 Å². The summed E-state index contributed by atoms with van der Waals surface area (Å²) in [7, 11) is 4.39. The second-order valence-electron chi connectivity index (χ2n) is 8.21. The predicted molar refractivity (Wildman–Crippen MR) is 113 cm³/mol. The number of hydrogen-bond donors (Lipinski definition) is 0. The largest absolute Gasteiger partial charge is 0.459 e. The van der Waals surface area contributed by atoms with Gasteiger partial charge in [-0.25, -0.2) is 4.79 Å². The summed E-state index contributed by atoms with van der Waals surface area (Å²) in [4.78, 5) is 13.0. The van der Waals surface area contributed by atoms with E-state index in [-0.39, 0.29) is 12.0 Å². The molecule has 0 spiro atoms. The molecule has 1 aromatic rings. The highest BCUT2D eigenvalue weighted by Gasteiger charge is 2.40. The van der Waals surface area contributed by atoms with Crippen molar-refractivity contribution in [2.75, 3.05) is 66.6 Å². The molecule has 0 N–H and O–H groups in total. The molecule has 0 fully saturated rings. The van der Waals surface area contributed by atoms with E-state index in [2.05, 4.69) is 40.1 Å². The van der Waals surface area contributed by atoms with Gasteiger partial charge in [-0.3, -0.25) is 0 Å². The van der Waals surface area contributed by atoms with Gasteiger partial charge in [-0.05, 0) is 19.9 Å². The fraction of sp³-hybridized carbons (Fsp3) is 0.609. The van der Waals surface area contributed by atoms with Gasteiger partial charge in [-0.2, -0.15) is 0 Å². The first kappa shape index (κ1) is 22.6. The van der Waals surface area contributed by atoms with E-state index in [0.29, 0.717) is 24.3 Å². The van der Waals surface area contributed by atoms with E-state index >= 15 is 0 Å². The second-order valence-corrected chi connectivity index (χ2v) is 8.21. The number of esters is 1. The smallest absolute Gasteiger partial charge is 0.370 e. The normalized spacial score (nSPS) is 20.7. The Morgan fingerprint density at radius 2 is 1.82 bits per heavy atom. The Balaban J connectivity index is 1.89. The fourth-order valence-corrected chi connectivity index (χ4v) is 3.72. The number of carbonyl (C=O) groups is 1. The van der Waals surface area contributed by atoms with Crippen LogP contribution in [0, 0.1) is 0 Å². The third-order valence-electron chi connectivity index (χ3n) is 6.23. The Kier molecular flexibility index (Phi) is 8.67. The summed E-state index contributed by atoms with van der Waals surface area (Å²) in [6.45, 7) is 10.8. The van der Waals surface area contributed by atoms with Gasteiger partial charge in [0.05, 0.1) is 53.5 Å². The molecule has 2 atom stereocenters. The van der Waals surface area contributed by atoms with Crippen molar-refractivity contribution in [3.05, 3.63) is 48.0 Å². The average Bonchev–Trinajstić information content (AvgIpc) is 2.71. The van der Waals surface area contributed by atoms with Gasteiger partial charge in [0, 0.05) is 12.0 Å². The lowest BCUT2D eigenvalue weighted by Gasteiger charge is -2.41. The average molecular weight is 391 g/mol. The quantitative estimate of drug-likeness (QED) is 0.252. The number of likely N-dealkylation sites (N-methyl/N-ethyl adjacent to an activating group) is 2. The van der Waals surface area contributed by atoms with Gasteiger partial charge in [0.25, 0.3) is 0 Å². The van der Waals surface area contributed by atoms with Gasteiger partial charge < -0.3 is 18.4 Å². The first-order valence-electron chi connectivity index (χ1n) is 10.6. The van der Waals surface area contributed by atoms with E-state index in [4.69, 9.17) is 9.47 Å². The van der Waals surface area contributed by atoms with E-state index in [0.717, 1.165) is 49.2 Å². The maximum atomic E-state index is 13.0. The molecule has 5 heteroatoms. The first-order chi connectivity index (χ1) is 13.4. The van der Waals surface area contributed by atoms with Crippen molar-refractivity contribution in [3.63, 3.8) is 0 Å². The van der Waals surface area contributed by atoms with Crippen LogP contribution in [0.5, 0.6) is 0 Å². The molecule has 1 aliphatic heterocycles. The van der Waals surface area contributed by atoms with Crippen molar-refractivity contribution < 1.29 is 23.2 Å². The number of hydrogen-bond acceptors (Lipinski definition) is 3. The minimum atomic E-state index is -0.300. The van der Waals surface area contributed by atoms with Crippen LogP contribution in [0.3, 0.4) is 0 Å². The Labute approximate surface area is 170 Å². The number of rotatable bonds is 11. The molecule has 1 aromatic carbocycles.